The van der Waals surface area contributed by atoms with E-state index in [2.05, 4.69) is 35.1 Å². The number of hydrogen-bond acceptors (Lipinski definition) is 4. The maximum absolute atomic E-state index is 11.9. The summed E-state index contributed by atoms with van der Waals surface area (Å²) in [5.74, 6) is 0.280. The number of nitrogens with one attached hydrogen (secondary N) is 1. The number of esters is 1. The van der Waals surface area contributed by atoms with Gasteiger partial charge in [0, 0.05) is 9.35 Å². The molecule has 0 amide bonds. The lowest BCUT2D eigenvalue weighted by Crippen LogP contribution is -2.32. The maximum atomic E-state index is 11.9. The lowest BCUT2D eigenvalue weighted by atomic mass is 10.2. The third-order valence-electron chi connectivity index (χ3n) is 2.16. The molecule has 1 aromatic heterocycles. The van der Waals surface area contributed by atoms with E-state index >= 15 is 0 Å². The number of ether oxygens (including phenoxy) is 1. The number of carbonyl (C=O) groups is 1. The van der Waals surface area contributed by atoms with Gasteiger partial charge in [0.15, 0.2) is 0 Å². The van der Waals surface area contributed by atoms with E-state index in [9.17, 15) is 4.79 Å². The van der Waals surface area contributed by atoms with Crippen molar-refractivity contribution in [3.8, 4) is 0 Å². The molecule has 0 aliphatic carbocycles. The number of rotatable bonds is 6. The Balaban J connectivity index is 2.79. The maximum Gasteiger partial charge on any atom is 0.328 e. The van der Waals surface area contributed by atoms with Gasteiger partial charge in [0.25, 0.3) is 0 Å². The molecule has 0 saturated heterocycles. The Morgan fingerprint density at radius 1 is 1.59 bits per heavy atom. The van der Waals surface area contributed by atoms with Crippen LogP contribution in [0.5, 0.6) is 0 Å². The fraction of sp³-hybridized carbons (Fsp3) is 0.583. The van der Waals surface area contributed by atoms with Crippen LogP contribution in [-0.4, -0.2) is 19.1 Å². The van der Waals surface area contributed by atoms with E-state index in [4.69, 9.17) is 4.74 Å². The number of hydrogen-bond donors (Lipinski definition) is 1. The van der Waals surface area contributed by atoms with Crippen LogP contribution in [0.4, 0.5) is 0 Å². The molecule has 0 spiro atoms. The van der Waals surface area contributed by atoms with Gasteiger partial charge in [-0.3, -0.25) is 5.32 Å². The Hall–Kier alpha value is -0.390. The van der Waals surface area contributed by atoms with Crippen LogP contribution in [0.1, 0.15) is 31.7 Å². The van der Waals surface area contributed by atoms with Crippen LogP contribution in [0.2, 0.25) is 0 Å². The molecular formula is C12H18BrNO2S. The third kappa shape index (κ3) is 4.41. The summed E-state index contributed by atoms with van der Waals surface area (Å²) < 4.78 is 6.05. The first-order valence-corrected chi connectivity index (χ1v) is 7.36. The highest BCUT2D eigenvalue weighted by atomic mass is 79.9. The second-order valence-corrected chi connectivity index (χ2v) is 5.92. The fourth-order valence-electron chi connectivity index (χ4n) is 1.37. The molecule has 1 aromatic rings. The topological polar surface area (TPSA) is 38.3 Å². The average Bonchev–Trinajstić information content (AvgIpc) is 2.65. The van der Waals surface area contributed by atoms with E-state index in [0.717, 1.165) is 15.9 Å². The van der Waals surface area contributed by atoms with Gasteiger partial charge < -0.3 is 4.74 Å². The van der Waals surface area contributed by atoms with E-state index in [0.29, 0.717) is 12.5 Å². The van der Waals surface area contributed by atoms with Crippen LogP contribution in [-0.2, 0) is 9.53 Å². The number of carbonyl (C=O) groups excluding carboxylic acids is 1. The standard InChI is InChI=1S/C12H18BrNO2S/c1-4-16-12(15)10(14-7-8(2)3)11-9(13)5-6-17-11/h5-6,8,10,14H,4,7H2,1-3H3. The Morgan fingerprint density at radius 2 is 2.29 bits per heavy atom. The van der Waals surface area contributed by atoms with E-state index in [1.165, 1.54) is 0 Å². The monoisotopic (exact) mass is 319 g/mol. The molecule has 0 aromatic carbocycles. The van der Waals surface area contributed by atoms with Crippen molar-refractivity contribution in [2.24, 2.45) is 5.92 Å². The molecule has 1 heterocycles. The highest BCUT2D eigenvalue weighted by Gasteiger charge is 2.24. The Kier molecular flexibility index (Phi) is 6.16. The summed E-state index contributed by atoms with van der Waals surface area (Å²) >= 11 is 5.01. The molecule has 0 aliphatic rings. The molecule has 0 aliphatic heterocycles. The van der Waals surface area contributed by atoms with E-state index < -0.39 is 0 Å². The van der Waals surface area contributed by atoms with Gasteiger partial charge in [0.05, 0.1) is 6.61 Å². The van der Waals surface area contributed by atoms with E-state index in [1.807, 2.05) is 18.4 Å². The van der Waals surface area contributed by atoms with Gasteiger partial charge in [0.2, 0.25) is 0 Å². The smallest absolute Gasteiger partial charge is 0.328 e. The molecule has 1 unspecified atom stereocenters. The predicted molar refractivity (Wildman–Crippen MR) is 74.2 cm³/mol. The average molecular weight is 320 g/mol. The van der Waals surface area contributed by atoms with Crippen molar-refractivity contribution in [3.63, 3.8) is 0 Å². The Bertz CT molecular complexity index is 365. The van der Waals surface area contributed by atoms with Crippen LogP contribution < -0.4 is 5.32 Å². The quantitative estimate of drug-likeness (QED) is 0.817. The highest BCUT2D eigenvalue weighted by molar-refractivity contribution is 9.10. The van der Waals surface area contributed by atoms with Gasteiger partial charge in [-0.15, -0.1) is 11.3 Å². The van der Waals surface area contributed by atoms with Crippen LogP contribution in [0.3, 0.4) is 0 Å². The van der Waals surface area contributed by atoms with E-state index in [1.54, 1.807) is 11.3 Å². The molecule has 17 heavy (non-hydrogen) atoms. The molecule has 0 radical (unpaired) electrons. The van der Waals surface area contributed by atoms with Gasteiger partial charge in [-0.1, -0.05) is 13.8 Å². The minimum atomic E-state index is -0.369. The molecule has 0 saturated carbocycles. The van der Waals surface area contributed by atoms with Gasteiger partial charge in [0.1, 0.15) is 6.04 Å². The van der Waals surface area contributed by atoms with Crippen LogP contribution in [0.25, 0.3) is 0 Å². The predicted octanol–water partition coefficient (Wildman–Crippen LogP) is 3.36. The van der Waals surface area contributed by atoms with Gasteiger partial charge in [-0.05, 0) is 46.8 Å². The summed E-state index contributed by atoms with van der Waals surface area (Å²) in [5, 5.41) is 5.21. The van der Waals surface area contributed by atoms with Gasteiger partial charge >= 0.3 is 5.97 Å². The zero-order valence-electron chi connectivity index (χ0n) is 10.3. The zero-order chi connectivity index (χ0) is 12.8. The molecule has 3 nitrogen and oxygen atoms in total. The second-order valence-electron chi connectivity index (χ2n) is 4.12. The summed E-state index contributed by atoms with van der Waals surface area (Å²) in [6.07, 6.45) is 0. The highest BCUT2D eigenvalue weighted by Crippen LogP contribution is 2.29. The van der Waals surface area contributed by atoms with Crippen LogP contribution >= 0.6 is 27.3 Å². The molecule has 5 heteroatoms. The summed E-state index contributed by atoms with van der Waals surface area (Å²) in [7, 11) is 0. The molecule has 0 bridgehead atoms. The Morgan fingerprint density at radius 3 is 2.76 bits per heavy atom. The van der Waals surface area contributed by atoms with Crippen molar-refractivity contribution in [1.29, 1.82) is 0 Å². The number of thiophene rings is 1. The van der Waals surface area contributed by atoms with E-state index in [-0.39, 0.29) is 12.0 Å². The van der Waals surface area contributed by atoms with Crippen molar-refractivity contribution < 1.29 is 9.53 Å². The Labute approximate surface area is 115 Å². The summed E-state index contributed by atoms with van der Waals surface area (Å²) in [6.45, 7) is 7.23. The minimum Gasteiger partial charge on any atom is -0.465 e. The van der Waals surface area contributed by atoms with Crippen molar-refractivity contribution in [2.45, 2.75) is 26.8 Å². The first-order chi connectivity index (χ1) is 8.06. The summed E-state index contributed by atoms with van der Waals surface area (Å²) in [6, 6.07) is 1.58. The molecule has 0 fully saturated rings. The first kappa shape index (κ1) is 14.7. The fourth-order valence-corrected chi connectivity index (χ4v) is 3.04. The molecule has 1 atom stereocenters. The lowest BCUT2D eigenvalue weighted by molar-refractivity contribution is -0.145. The van der Waals surface area contributed by atoms with Gasteiger partial charge in [-0.2, -0.15) is 0 Å². The molecule has 1 N–H and O–H groups in total. The summed E-state index contributed by atoms with van der Waals surface area (Å²) in [5.41, 5.74) is 0. The van der Waals surface area contributed by atoms with Crippen molar-refractivity contribution in [2.75, 3.05) is 13.2 Å². The van der Waals surface area contributed by atoms with Crippen molar-refractivity contribution >= 4 is 33.2 Å². The van der Waals surface area contributed by atoms with Gasteiger partial charge in [-0.25, -0.2) is 4.79 Å². The normalized spacial score (nSPS) is 12.8. The van der Waals surface area contributed by atoms with Crippen molar-refractivity contribution in [1.82, 2.24) is 5.32 Å². The lowest BCUT2D eigenvalue weighted by Gasteiger charge is -2.17. The molecular weight excluding hydrogens is 302 g/mol. The molecule has 96 valence electrons. The zero-order valence-corrected chi connectivity index (χ0v) is 12.7. The molecule has 1 rings (SSSR count). The SMILES string of the molecule is CCOC(=O)C(NCC(C)C)c1sccc1Br. The van der Waals surface area contributed by atoms with Crippen molar-refractivity contribution in [3.05, 3.63) is 20.8 Å². The minimum absolute atomic E-state index is 0.212. The summed E-state index contributed by atoms with van der Waals surface area (Å²) in [4.78, 5) is 12.9. The van der Waals surface area contributed by atoms with Crippen LogP contribution in [0, 0.1) is 5.92 Å². The third-order valence-corrected chi connectivity index (χ3v) is 4.10. The van der Waals surface area contributed by atoms with Crippen LogP contribution in [0.15, 0.2) is 15.9 Å². The first-order valence-electron chi connectivity index (χ1n) is 5.69. The largest absolute Gasteiger partial charge is 0.465 e. The second kappa shape index (κ2) is 7.13. The number of halogens is 1.